The minimum atomic E-state index is -1.18. The Morgan fingerprint density at radius 3 is 2.12 bits per heavy atom. The molecule has 0 amide bonds. The topological polar surface area (TPSA) is 111 Å². The van der Waals surface area contributed by atoms with Crippen LogP contribution in [0.4, 0.5) is 0 Å². The van der Waals surface area contributed by atoms with Crippen LogP contribution in [0, 0.1) is 0 Å². The van der Waals surface area contributed by atoms with Gasteiger partial charge < -0.3 is 35.2 Å². The van der Waals surface area contributed by atoms with Crippen LogP contribution in [-0.4, -0.2) is 77.9 Å². The lowest BCUT2D eigenvalue weighted by Crippen LogP contribution is -2.50. The van der Waals surface area contributed by atoms with Crippen molar-refractivity contribution in [3.05, 3.63) is 0 Å². The number of nitrogens with one attached hydrogen (secondary N) is 1. The molecule has 1 unspecified atom stereocenters. The van der Waals surface area contributed by atoms with Gasteiger partial charge in [-0.3, -0.25) is 0 Å². The Bertz CT molecular complexity index is 212. The van der Waals surface area contributed by atoms with Gasteiger partial charge in [0.05, 0.1) is 30.9 Å². The first-order valence-electron chi connectivity index (χ1n) is 5.03. The van der Waals surface area contributed by atoms with Crippen molar-refractivity contribution in [3.63, 3.8) is 0 Å². The van der Waals surface area contributed by atoms with Crippen LogP contribution in [0.25, 0.3) is 0 Å². The van der Waals surface area contributed by atoms with E-state index in [9.17, 15) is 15.3 Å². The first-order chi connectivity index (χ1) is 7.56. The molecule has 0 aromatic rings. The summed E-state index contributed by atoms with van der Waals surface area (Å²) in [5.41, 5.74) is 0. The van der Waals surface area contributed by atoms with Gasteiger partial charge in [-0.05, 0) is 0 Å². The number of hydrogen-bond acceptors (Lipinski definition) is 7. The number of rotatable bonds is 5. The summed E-state index contributed by atoms with van der Waals surface area (Å²) in [5, 5.41) is 40.7. The van der Waals surface area contributed by atoms with Crippen LogP contribution in [0.15, 0.2) is 0 Å². The maximum atomic E-state index is 9.84. The van der Waals surface area contributed by atoms with Gasteiger partial charge in [0.1, 0.15) is 6.10 Å². The van der Waals surface area contributed by atoms with E-state index < -0.39 is 36.7 Å². The molecule has 0 bridgehead atoms. The first kappa shape index (κ1) is 13.8. The van der Waals surface area contributed by atoms with Crippen molar-refractivity contribution >= 4 is 0 Å². The van der Waals surface area contributed by atoms with Crippen LogP contribution in [-0.2, 0) is 9.47 Å². The molecule has 7 nitrogen and oxygen atoms in total. The number of methoxy groups -OCH3 is 2. The smallest absolute Gasteiger partial charge is 0.184 e. The zero-order valence-electron chi connectivity index (χ0n) is 9.28. The fourth-order valence-corrected chi connectivity index (χ4v) is 1.90. The van der Waals surface area contributed by atoms with Crippen LogP contribution >= 0.6 is 0 Å². The molecule has 0 radical (unpaired) electrons. The second-order valence-electron chi connectivity index (χ2n) is 3.79. The van der Waals surface area contributed by atoms with E-state index >= 15 is 0 Å². The lowest BCUT2D eigenvalue weighted by Gasteiger charge is -2.27. The van der Waals surface area contributed by atoms with Crippen molar-refractivity contribution in [2.75, 3.05) is 20.8 Å². The molecule has 0 saturated carbocycles. The van der Waals surface area contributed by atoms with Gasteiger partial charge in [0, 0.05) is 14.2 Å². The number of aliphatic hydroxyl groups excluding tert-OH is 4. The van der Waals surface area contributed by atoms with Gasteiger partial charge in [-0.15, -0.1) is 0 Å². The molecular weight excluding hydrogens is 218 g/mol. The highest BCUT2D eigenvalue weighted by atomic mass is 16.7. The molecule has 1 rings (SSSR count). The van der Waals surface area contributed by atoms with Gasteiger partial charge in [0.15, 0.2) is 6.29 Å². The summed E-state index contributed by atoms with van der Waals surface area (Å²) in [6, 6.07) is -1.47. The Labute approximate surface area is 93.6 Å². The van der Waals surface area contributed by atoms with E-state index in [1.165, 1.54) is 14.2 Å². The number of ether oxygens (including phenoxy) is 2. The van der Waals surface area contributed by atoms with E-state index in [4.69, 9.17) is 14.6 Å². The molecule has 16 heavy (non-hydrogen) atoms. The van der Waals surface area contributed by atoms with Gasteiger partial charge in [-0.2, -0.15) is 0 Å². The molecule has 0 aromatic carbocycles. The average Bonchev–Trinajstić information content (AvgIpc) is 2.57. The minimum absolute atomic E-state index is 0.327. The highest BCUT2D eigenvalue weighted by Gasteiger charge is 2.46. The molecule has 96 valence electrons. The summed E-state index contributed by atoms with van der Waals surface area (Å²) in [6.45, 7) is -0.327. The van der Waals surface area contributed by atoms with Crippen LogP contribution in [0.1, 0.15) is 0 Å². The Kier molecular flexibility index (Phi) is 5.06. The Balaban J connectivity index is 2.66. The fourth-order valence-electron chi connectivity index (χ4n) is 1.90. The number of aliphatic hydroxyl groups is 4. The van der Waals surface area contributed by atoms with Crippen LogP contribution < -0.4 is 5.32 Å². The van der Waals surface area contributed by atoms with Crippen molar-refractivity contribution in [2.45, 2.75) is 36.7 Å². The predicted octanol–water partition coefficient (Wildman–Crippen LogP) is -2.98. The van der Waals surface area contributed by atoms with Crippen molar-refractivity contribution < 1.29 is 29.9 Å². The molecule has 1 aliphatic heterocycles. The second kappa shape index (κ2) is 5.87. The normalized spacial score (nSPS) is 36.9. The molecule has 1 aliphatic rings. The first-order valence-corrected chi connectivity index (χ1v) is 5.03. The predicted molar refractivity (Wildman–Crippen MR) is 53.6 cm³/mol. The zero-order chi connectivity index (χ0) is 12.3. The molecule has 5 atom stereocenters. The van der Waals surface area contributed by atoms with Gasteiger partial charge in [0.2, 0.25) is 0 Å². The van der Waals surface area contributed by atoms with Crippen molar-refractivity contribution in [1.82, 2.24) is 5.32 Å². The van der Waals surface area contributed by atoms with E-state index in [0.29, 0.717) is 0 Å². The van der Waals surface area contributed by atoms with Crippen LogP contribution in [0.3, 0.4) is 0 Å². The summed E-state index contributed by atoms with van der Waals surface area (Å²) >= 11 is 0. The molecule has 0 aromatic heterocycles. The summed E-state index contributed by atoms with van der Waals surface area (Å²) in [5.74, 6) is 0. The third-order valence-corrected chi connectivity index (χ3v) is 2.84. The van der Waals surface area contributed by atoms with Crippen molar-refractivity contribution in [1.29, 1.82) is 0 Å². The molecule has 5 N–H and O–H groups in total. The van der Waals surface area contributed by atoms with E-state index in [2.05, 4.69) is 5.32 Å². The molecule has 0 aliphatic carbocycles. The second-order valence-corrected chi connectivity index (χ2v) is 3.79. The monoisotopic (exact) mass is 237 g/mol. The fraction of sp³-hybridized carbons (Fsp3) is 1.00. The number of hydrogen-bond donors (Lipinski definition) is 5. The molecule has 0 spiro atoms. The standard InChI is InChI=1S/C9H19NO6/c1-15-9(16-2)8(14)5-7(13)6(12)4(3-11)10-5/h4-14H,3H2,1-2H3/t4-,5?,6-,7-,8-/m0/s1. The highest BCUT2D eigenvalue weighted by Crippen LogP contribution is 2.19. The summed E-state index contributed by atoms with van der Waals surface area (Å²) < 4.78 is 9.72. The van der Waals surface area contributed by atoms with Crippen LogP contribution in [0.2, 0.25) is 0 Å². The summed E-state index contributed by atoms with van der Waals surface area (Å²) in [4.78, 5) is 0. The summed E-state index contributed by atoms with van der Waals surface area (Å²) in [7, 11) is 2.72. The maximum Gasteiger partial charge on any atom is 0.184 e. The van der Waals surface area contributed by atoms with Gasteiger partial charge in [-0.1, -0.05) is 0 Å². The molecular formula is C9H19NO6. The van der Waals surface area contributed by atoms with Gasteiger partial charge >= 0.3 is 0 Å². The molecule has 1 saturated heterocycles. The lowest BCUT2D eigenvalue weighted by atomic mass is 10.0. The molecule has 7 heteroatoms. The van der Waals surface area contributed by atoms with Gasteiger partial charge in [0.25, 0.3) is 0 Å². The lowest BCUT2D eigenvalue weighted by molar-refractivity contribution is -0.178. The minimum Gasteiger partial charge on any atom is -0.395 e. The Morgan fingerprint density at radius 1 is 1.19 bits per heavy atom. The third kappa shape index (κ3) is 2.51. The molecule has 1 fully saturated rings. The largest absolute Gasteiger partial charge is 0.395 e. The highest BCUT2D eigenvalue weighted by molar-refractivity contribution is 5.01. The van der Waals surface area contributed by atoms with Crippen molar-refractivity contribution in [2.24, 2.45) is 0 Å². The van der Waals surface area contributed by atoms with E-state index in [-0.39, 0.29) is 6.61 Å². The quantitative estimate of drug-likeness (QED) is 0.324. The van der Waals surface area contributed by atoms with Gasteiger partial charge in [-0.25, -0.2) is 0 Å². The Hall–Kier alpha value is -0.280. The summed E-state index contributed by atoms with van der Waals surface area (Å²) in [6.07, 6.45) is -4.35. The van der Waals surface area contributed by atoms with Crippen LogP contribution in [0.5, 0.6) is 0 Å². The third-order valence-electron chi connectivity index (χ3n) is 2.84. The van der Waals surface area contributed by atoms with E-state index in [1.807, 2.05) is 0 Å². The van der Waals surface area contributed by atoms with E-state index in [0.717, 1.165) is 0 Å². The average molecular weight is 237 g/mol. The Morgan fingerprint density at radius 2 is 1.75 bits per heavy atom. The maximum absolute atomic E-state index is 9.84. The SMILES string of the molecule is COC(OC)[C@@H](O)C1N[C@@H](CO)[C@H](O)[C@H]1O. The molecule has 1 heterocycles. The zero-order valence-corrected chi connectivity index (χ0v) is 9.28. The van der Waals surface area contributed by atoms with Crippen molar-refractivity contribution in [3.8, 4) is 0 Å². The van der Waals surface area contributed by atoms with E-state index in [1.54, 1.807) is 0 Å².